The standard InChI is InChI=1S/C5H10N.HI.Zn/c1-2-4-6-5-3-1;;/h1,6H,2-5H2;1H;/q-1;;. The molecule has 1 N–H and O–H groups in total. The van der Waals surface area contributed by atoms with Crippen LogP contribution in [0.2, 0.25) is 0 Å². The number of nitrogens with one attached hydrogen (secondary N) is 1. The van der Waals surface area contributed by atoms with Gasteiger partial charge in [0.05, 0.1) is 0 Å². The van der Waals surface area contributed by atoms with Gasteiger partial charge in [-0.2, -0.15) is 12.8 Å². The van der Waals surface area contributed by atoms with Gasteiger partial charge in [0, 0.05) is 19.5 Å². The van der Waals surface area contributed by atoms with Crippen LogP contribution in [-0.2, 0) is 19.5 Å². The Kier molecular flexibility index (Phi) is 12.5. The smallest absolute Gasteiger partial charge is 0 e. The van der Waals surface area contributed by atoms with E-state index in [1.54, 1.807) is 0 Å². The van der Waals surface area contributed by atoms with E-state index >= 15 is 0 Å². The molecular weight excluding hydrogens is 266 g/mol. The molecule has 0 aromatic rings. The van der Waals surface area contributed by atoms with Crippen LogP contribution < -0.4 is 5.32 Å². The van der Waals surface area contributed by atoms with Gasteiger partial charge in [-0.15, -0.1) is 24.0 Å². The Morgan fingerprint density at radius 3 is 1.75 bits per heavy atom. The predicted molar refractivity (Wildman–Crippen MR) is 41.8 cm³/mol. The molecule has 1 nitrogen and oxygen atoms in total. The predicted octanol–water partition coefficient (Wildman–Crippen LogP) is 1.19. The fraction of sp³-hybridized carbons (Fsp3) is 0.800. The Morgan fingerprint density at radius 1 is 1.12 bits per heavy atom. The average Bonchev–Trinajstić information content (AvgIpc) is 1.72. The molecule has 0 unspecified atom stereocenters. The Morgan fingerprint density at radius 2 is 1.62 bits per heavy atom. The first-order chi connectivity index (χ1) is 3.00. The summed E-state index contributed by atoms with van der Waals surface area (Å²) in [6.07, 6.45) is 4.86. The van der Waals surface area contributed by atoms with Crippen LogP contribution in [0.3, 0.4) is 0 Å². The molecular formula is C5H11INZn-. The monoisotopic (exact) mass is 276 g/mol. The summed E-state index contributed by atoms with van der Waals surface area (Å²) in [5.41, 5.74) is 0. The molecule has 1 rings (SSSR count). The van der Waals surface area contributed by atoms with Crippen molar-refractivity contribution in [2.45, 2.75) is 12.8 Å². The van der Waals surface area contributed by atoms with Gasteiger partial charge >= 0.3 is 0 Å². The Hall–Kier alpha value is 1.31. The zero-order chi connectivity index (χ0) is 4.24. The van der Waals surface area contributed by atoms with Gasteiger partial charge in [0.2, 0.25) is 0 Å². The van der Waals surface area contributed by atoms with Crippen molar-refractivity contribution >= 4 is 24.0 Å². The summed E-state index contributed by atoms with van der Waals surface area (Å²) < 4.78 is 0. The molecule has 0 spiro atoms. The number of halogens is 1. The van der Waals surface area contributed by atoms with Gasteiger partial charge in [0.1, 0.15) is 0 Å². The van der Waals surface area contributed by atoms with Crippen LogP contribution in [0.25, 0.3) is 0 Å². The van der Waals surface area contributed by atoms with Crippen molar-refractivity contribution in [3.05, 3.63) is 6.42 Å². The van der Waals surface area contributed by atoms with E-state index in [0.717, 1.165) is 0 Å². The summed E-state index contributed by atoms with van der Waals surface area (Å²) in [6, 6.07) is 0. The second-order valence-corrected chi connectivity index (χ2v) is 1.62. The fourth-order valence-electron chi connectivity index (χ4n) is 0.678. The fourth-order valence-corrected chi connectivity index (χ4v) is 0.678. The van der Waals surface area contributed by atoms with Gasteiger partial charge in [-0.05, 0) is 13.1 Å². The minimum Gasteiger partial charge on any atom is -0.326 e. The van der Waals surface area contributed by atoms with Crippen LogP contribution in [-0.4, -0.2) is 13.1 Å². The van der Waals surface area contributed by atoms with Crippen molar-refractivity contribution in [2.24, 2.45) is 0 Å². The van der Waals surface area contributed by atoms with Gasteiger partial charge in [-0.3, -0.25) is 0 Å². The number of hydrogen-bond acceptors (Lipinski definition) is 1. The molecule has 1 fully saturated rings. The second-order valence-electron chi connectivity index (χ2n) is 1.62. The summed E-state index contributed by atoms with van der Waals surface area (Å²) >= 11 is 0. The molecule has 0 aromatic carbocycles. The molecule has 1 saturated heterocycles. The van der Waals surface area contributed by atoms with Crippen molar-refractivity contribution in [1.29, 1.82) is 0 Å². The Labute approximate surface area is 80.8 Å². The molecule has 1 heterocycles. The minimum atomic E-state index is 0. The Balaban J connectivity index is 0. The molecule has 0 radical (unpaired) electrons. The zero-order valence-corrected chi connectivity index (χ0v) is 10.3. The third kappa shape index (κ3) is 5.45. The molecule has 0 bridgehead atoms. The van der Waals surface area contributed by atoms with Crippen molar-refractivity contribution in [2.75, 3.05) is 13.1 Å². The number of piperidine rings is 1. The van der Waals surface area contributed by atoms with Gasteiger partial charge in [-0.1, -0.05) is 0 Å². The number of hydrogen-bond donors (Lipinski definition) is 1. The molecule has 46 valence electrons. The van der Waals surface area contributed by atoms with Crippen LogP contribution in [0.1, 0.15) is 12.8 Å². The van der Waals surface area contributed by atoms with E-state index in [-0.39, 0.29) is 43.5 Å². The van der Waals surface area contributed by atoms with Gasteiger partial charge in [-0.25, -0.2) is 0 Å². The topological polar surface area (TPSA) is 12.0 Å². The van der Waals surface area contributed by atoms with Gasteiger partial charge in [0.25, 0.3) is 0 Å². The zero-order valence-electron chi connectivity index (χ0n) is 5.02. The van der Waals surface area contributed by atoms with E-state index in [4.69, 9.17) is 0 Å². The maximum absolute atomic E-state index is 3.25. The first-order valence-corrected chi connectivity index (χ1v) is 2.52. The van der Waals surface area contributed by atoms with Crippen LogP contribution in [0.15, 0.2) is 0 Å². The van der Waals surface area contributed by atoms with E-state index in [9.17, 15) is 0 Å². The molecule has 3 heteroatoms. The average molecular weight is 277 g/mol. The normalized spacial score (nSPS) is 18.0. The molecule has 8 heavy (non-hydrogen) atoms. The summed E-state index contributed by atoms with van der Waals surface area (Å²) in [7, 11) is 0. The van der Waals surface area contributed by atoms with Crippen LogP contribution in [0.4, 0.5) is 0 Å². The van der Waals surface area contributed by atoms with Crippen LogP contribution in [0.5, 0.6) is 0 Å². The maximum Gasteiger partial charge on any atom is 0 e. The molecule has 1 aliphatic rings. The van der Waals surface area contributed by atoms with E-state index in [1.165, 1.54) is 25.9 Å². The molecule has 0 saturated carbocycles. The minimum absolute atomic E-state index is 0. The molecule has 0 atom stereocenters. The summed E-state index contributed by atoms with van der Waals surface area (Å²) in [4.78, 5) is 0. The number of rotatable bonds is 0. The van der Waals surface area contributed by atoms with E-state index < -0.39 is 0 Å². The van der Waals surface area contributed by atoms with Crippen molar-refractivity contribution in [1.82, 2.24) is 5.32 Å². The van der Waals surface area contributed by atoms with E-state index in [2.05, 4.69) is 11.7 Å². The van der Waals surface area contributed by atoms with E-state index in [0.29, 0.717) is 0 Å². The Bertz CT molecular complexity index is 27.9. The molecule has 1 aliphatic heterocycles. The molecule has 0 amide bonds. The van der Waals surface area contributed by atoms with E-state index in [1.807, 2.05) is 0 Å². The summed E-state index contributed by atoms with van der Waals surface area (Å²) in [5.74, 6) is 0. The SMILES string of the molecule is I.[CH-]1CCNCC1.[Zn]. The van der Waals surface area contributed by atoms with Crippen molar-refractivity contribution in [3.8, 4) is 0 Å². The van der Waals surface area contributed by atoms with Crippen LogP contribution in [0, 0.1) is 6.42 Å². The summed E-state index contributed by atoms with van der Waals surface area (Å²) in [5, 5.41) is 3.25. The largest absolute Gasteiger partial charge is 0.326 e. The van der Waals surface area contributed by atoms with Crippen molar-refractivity contribution < 1.29 is 19.5 Å². The van der Waals surface area contributed by atoms with Crippen LogP contribution >= 0.6 is 24.0 Å². The third-order valence-corrected chi connectivity index (χ3v) is 1.05. The maximum atomic E-state index is 3.25. The summed E-state index contributed by atoms with van der Waals surface area (Å²) in [6.45, 7) is 2.39. The van der Waals surface area contributed by atoms with Gasteiger partial charge < -0.3 is 11.7 Å². The quantitative estimate of drug-likeness (QED) is 0.398. The third-order valence-electron chi connectivity index (χ3n) is 1.05. The van der Waals surface area contributed by atoms with Gasteiger partial charge in [0.15, 0.2) is 0 Å². The molecule has 0 aromatic heterocycles. The first-order valence-electron chi connectivity index (χ1n) is 2.52. The second kappa shape index (κ2) is 8.31. The molecule has 0 aliphatic carbocycles. The first kappa shape index (κ1) is 12.0. The van der Waals surface area contributed by atoms with Crippen molar-refractivity contribution in [3.63, 3.8) is 0 Å².